The molecule has 1 aromatic rings. The van der Waals surface area contributed by atoms with Gasteiger partial charge in [-0.3, -0.25) is 0 Å². The molecular formula is C9H9ClOS2. The van der Waals surface area contributed by atoms with Crippen molar-refractivity contribution in [2.45, 2.75) is 11.8 Å². The van der Waals surface area contributed by atoms with Gasteiger partial charge < -0.3 is 4.74 Å². The van der Waals surface area contributed by atoms with Crippen LogP contribution in [0.5, 0.6) is 0 Å². The van der Waals surface area contributed by atoms with Crippen LogP contribution in [0.2, 0.25) is 5.02 Å². The van der Waals surface area contributed by atoms with E-state index in [9.17, 15) is 0 Å². The van der Waals surface area contributed by atoms with Crippen molar-refractivity contribution in [1.29, 1.82) is 0 Å². The highest BCUT2D eigenvalue weighted by Gasteiger charge is 1.99. The molecule has 0 unspecified atom stereocenters. The predicted molar refractivity (Wildman–Crippen MR) is 61.5 cm³/mol. The number of thiocarbonyl (C=S) groups is 1. The van der Waals surface area contributed by atoms with E-state index in [2.05, 4.69) is 0 Å². The van der Waals surface area contributed by atoms with E-state index < -0.39 is 0 Å². The van der Waals surface area contributed by atoms with Crippen LogP contribution in [0.3, 0.4) is 0 Å². The zero-order chi connectivity index (χ0) is 9.68. The molecule has 0 aliphatic carbocycles. The number of benzene rings is 1. The largest absolute Gasteiger partial charge is 0.479 e. The van der Waals surface area contributed by atoms with E-state index in [0.29, 0.717) is 11.0 Å². The zero-order valence-corrected chi connectivity index (χ0v) is 9.51. The lowest BCUT2D eigenvalue weighted by molar-refractivity contribution is 0.346. The second-order valence-electron chi connectivity index (χ2n) is 2.24. The average molecular weight is 233 g/mol. The first-order valence-electron chi connectivity index (χ1n) is 3.82. The van der Waals surface area contributed by atoms with Crippen molar-refractivity contribution < 1.29 is 4.74 Å². The molecule has 0 heterocycles. The van der Waals surface area contributed by atoms with Crippen LogP contribution in [0, 0.1) is 0 Å². The maximum absolute atomic E-state index is 5.74. The van der Waals surface area contributed by atoms with Gasteiger partial charge in [0.2, 0.25) is 4.38 Å². The molecule has 0 aliphatic heterocycles. The summed E-state index contributed by atoms with van der Waals surface area (Å²) in [5.41, 5.74) is 0. The van der Waals surface area contributed by atoms with Crippen LogP contribution < -0.4 is 0 Å². The van der Waals surface area contributed by atoms with Crippen LogP contribution in [0.25, 0.3) is 0 Å². The number of rotatable bonds is 2. The summed E-state index contributed by atoms with van der Waals surface area (Å²) in [4.78, 5) is 1.04. The molecule has 1 nitrogen and oxygen atoms in total. The Morgan fingerprint density at radius 1 is 1.46 bits per heavy atom. The molecular weight excluding hydrogens is 224 g/mol. The Morgan fingerprint density at radius 2 is 2.08 bits per heavy atom. The molecule has 0 aliphatic rings. The molecule has 4 heteroatoms. The number of ether oxygens (including phenoxy) is 1. The third-order valence-electron chi connectivity index (χ3n) is 1.28. The molecule has 0 bridgehead atoms. The van der Waals surface area contributed by atoms with E-state index in [1.54, 1.807) is 0 Å². The minimum Gasteiger partial charge on any atom is -0.479 e. The molecule has 0 fully saturated rings. The maximum atomic E-state index is 5.74. The number of halogens is 1. The van der Waals surface area contributed by atoms with Gasteiger partial charge in [-0.25, -0.2) is 0 Å². The molecule has 0 atom stereocenters. The van der Waals surface area contributed by atoms with E-state index in [0.717, 1.165) is 9.92 Å². The van der Waals surface area contributed by atoms with Crippen LogP contribution in [0.15, 0.2) is 29.2 Å². The SMILES string of the molecule is CCOC(=S)Sc1ccc(Cl)cc1. The Bertz CT molecular complexity index is 284. The summed E-state index contributed by atoms with van der Waals surface area (Å²) < 4.78 is 5.68. The smallest absolute Gasteiger partial charge is 0.224 e. The third-order valence-corrected chi connectivity index (χ3v) is 2.69. The van der Waals surface area contributed by atoms with Gasteiger partial charge in [0.25, 0.3) is 0 Å². The standard InChI is InChI=1S/C9H9ClOS2/c1-2-11-9(12)13-8-5-3-7(10)4-6-8/h3-6H,2H2,1H3. The third kappa shape index (κ3) is 3.98. The van der Waals surface area contributed by atoms with E-state index in [4.69, 9.17) is 28.6 Å². The summed E-state index contributed by atoms with van der Waals surface area (Å²) in [6.45, 7) is 2.52. The Balaban J connectivity index is 2.54. The zero-order valence-electron chi connectivity index (χ0n) is 7.12. The highest BCUT2D eigenvalue weighted by atomic mass is 35.5. The Morgan fingerprint density at radius 3 is 2.62 bits per heavy atom. The molecule has 13 heavy (non-hydrogen) atoms. The Labute approximate surface area is 92.4 Å². The first-order chi connectivity index (χ1) is 6.22. The summed E-state index contributed by atoms with van der Waals surface area (Å²) in [5.74, 6) is 0. The molecule has 0 saturated carbocycles. The predicted octanol–water partition coefficient (Wildman–Crippen LogP) is 3.75. The summed E-state index contributed by atoms with van der Waals surface area (Å²) in [5, 5.41) is 0.728. The van der Waals surface area contributed by atoms with Crippen LogP contribution in [-0.2, 0) is 4.74 Å². The molecule has 0 spiro atoms. The monoisotopic (exact) mass is 232 g/mol. The van der Waals surface area contributed by atoms with Crippen molar-refractivity contribution >= 4 is 40.0 Å². The lowest BCUT2D eigenvalue weighted by Crippen LogP contribution is -1.94. The first kappa shape index (κ1) is 10.8. The van der Waals surface area contributed by atoms with Crippen molar-refractivity contribution in [1.82, 2.24) is 0 Å². The highest BCUT2D eigenvalue weighted by Crippen LogP contribution is 2.22. The second-order valence-corrected chi connectivity index (χ2v) is 4.35. The van der Waals surface area contributed by atoms with E-state index in [-0.39, 0.29) is 0 Å². The van der Waals surface area contributed by atoms with Crippen LogP contribution in [0.1, 0.15) is 6.92 Å². The summed E-state index contributed by atoms with van der Waals surface area (Å²) in [6.07, 6.45) is 0. The second kappa shape index (κ2) is 5.47. The van der Waals surface area contributed by atoms with Gasteiger partial charge in [0, 0.05) is 9.92 Å². The maximum Gasteiger partial charge on any atom is 0.224 e. The van der Waals surface area contributed by atoms with E-state index >= 15 is 0 Å². The molecule has 70 valence electrons. The fourth-order valence-corrected chi connectivity index (χ4v) is 1.92. The van der Waals surface area contributed by atoms with Gasteiger partial charge in [-0.05, 0) is 55.2 Å². The van der Waals surface area contributed by atoms with Crippen molar-refractivity contribution in [3.8, 4) is 0 Å². The minimum atomic E-state index is 0.546. The Kier molecular flexibility index (Phi) is 4.56. The molecule has 0 aromatic heterocycles. The lowest BCUT2D eigenvalue weighted by atomic mass is 10.4. The quantitative estimate of drug-likeness (QED) is 0.568. The van der Waals surface area contributed by atoms with Crippen molar-refractivity contribution in [3.05, 3.63) is 29.3 Å². The fraction of sp³-hybridized carbons (Fsp3) is 0.222. The average Bonchev–Trinajstić information content (AvgIpc) is 2.09. The number of hydrogen-bond donors (Lipinski definition) is 0. The summed E-state index contributed by atoms with van der Waals surface area (Å²) in [7, 11) is 0. The normalized spacial score (nSPS) is 9.69. The van der Waals surface area contributed by atoms with E-state index in [1.807, 2.05) is 31.2 Å². The van der Waals surface area contributed by atoms with Gasteiger partial charge in [-0.2, -0.15) is 0 Å². The molecule has 1 aromatic carbocycles. The van der Waals surface area contributed by atoms with Gasteiger partial charge in [0.05, 0.1) is 6.61 Å². The van der Waals surface area contributed by atoms with Gasteiger partial charge in [0.1, 0.15) is 0 Å². The minimum absolute atomic E-state index is 0.546. The first-order valence-corrected chi connectivity index (χ1v) is 5.43. The number of thioether (sulfide) groups is 1. The Hall–Kier alpha value is -0.250. The van der Waals surface area contributed by atoms with Gasteiger partial charge >= 0.3 is 0 Å². The molecule has 0 N–H and O–H groups in total. The molecule has 0 radical (unpaired) electrons. The van der Waals surface area contributed by atoms with Gasteiger partial charge in [-0.1, -0.05) is 11.6 Å². The van der Waals surface area contributed by atoms with Crippen LogP contribution in [-0.4, -0.2) is 11.0 Å². The molecule has 1 rings (SSSR count). The van der Waals surface area contributed by atoms with Crippen molar-refractivity contribution in [2.75, 3.05) is 6.61 Å². The summed E-state index contributed by atoms with van der Waals surface area (Å²) >= 11 is 12.1. The fourth-order valence-electron chi connectivity index (χ4n) is 0.746. The van der Waals surface area contributed by atoms with Gasteiger partial charge in [0.15, 0.2) is 0 Å². The molecule has 0 saturated heterocycles. The van der Waals surface area contributed by atoms with Crippen molar-refractivity contribution in [3.63, 3.8) is 0 Å². The molecule has 0 amide bonds. The van der Waals surface area contributed by atoms with Gasteiger partial charge in [-0.15, -0.1) is 0 Å². The van der Waals surface area contributed by atoms with Crippen LogP contribution in [0.4, 0.5) is 0 Å². The topological polar surface area (TPSA) is 9.23 Å². The van der Waals surface area contributed by atoms with Crippen LogP contribution >= 0.6 is 35.6 Å². The highest BCUT2D eigenvalue weighted by molar-refractivity contribution is 8.22. The summed E-state index contributed by atoms with van der Waals surface area (Å²) in [6, 6.07) is 7.49. The lowest BCUT2D eigenvalue weighted by Gasteiger charge is -2.03. The van der Waals surface area contributed by atoms with E-state index in [1.165, 1.54) is 11.8 Å². The number of hydrogen-bond acceptors (Lipinski definition) is 3. The van der Waals surface area contributed by atoms with Crippen molar-refractivity contribution in [2.24, 2.45) is 0 Å².